The molecule has 1 N–H and O–H groups in total. The van der Waals surface area contributed by atoms with Crippen molar-refractivity contribution in [3.8, 4) is 0 Å². The second-order valence-corrected chi connectivity index (χ2v) is 4.79. The number of aryl methyl sites for hydroxylation is 1. The van der Waals surface area contributed by atoms with Crippen LogP contribution in [0.2, 0.25) is 0 Å². The first-order valence-electron chi connectivity index (χ1n) is 6.61. The van der Waals surface area contributed by atoms with Crippen molar-refractivity contribution in [2.45, 2.75) is 51.2 Å². The highest BCUT2D eigenvalue weighted by Gasteiger charge is 2.20. The second-order valence-electron chi connectivity index (χ2n) is 4.79. The SMILES string of the molecule is COCCCCCn1cncc1CNC1CC1. The molecule has 1 heterocycles. The Morgan fingerprint density at radius 1 is 1.41 bits per heavy atom. The molecule has 1 aromatic heterocycles. The van der Waals surface area contributed by atoms with Crippen molar-refractivity contribution in [3.05, 3.63) is 18.2 Å². The lowest BCUT2D eigenvalue weighted by Crippen LogP contribution is -2.18. The Morgan fingerprint density at radius 2 is 2.29 bits per heavy atom. The van der Waals surface area contributed by atoms with Crippen LogP contribution in [0.4, 0.5) is 0 Å². The van der Waals surface area contributed by atoms with Crippen molar-refractivity contribution in [2.24, 2.45) is 0 Å². The topological polar surface area (TPSA) is 39.1 Å². The lowest BCUT2D eigenvalue weighted by Gasteiger charge is -2.08. The number of unbranched alkanes of at least 4 members (excludes halogenated alkanes) is 2. The predicted octanol–water partition coefficient (Wildman–Crippen LogP) is 1.95. The first kappa shape index (κ1) is 12.6. The molecule has 1 fully saturated rings. The number of imidazole rings is 1. The van der Waals surface area contributed by atoms with Gasteiger partial charge in [0.1, 0.15) is 0 Å². The molecule has 1 aliphatic rings. The normalized spacial score (nSPS) is 15.4. The number of aromatic nitrogens is 2. The standard InChI is InChI=1S/C13H23N3O/c1-17-8-4-2-3-7-16-11-14-9-13(16)10-15-12-5-6-12/h9,11-12,15H,2-8,10H2,1H3. The van der Waals surface area contributed by atoms with Gasteiger partial charge in [-0.1, -0.05) is 0 Å². The van der Waals surface area contributed by atoms with Gasteiger partial charge in [-0.25, -0.2) is 4.98 Å². The van der Waals surface area contributed by atoms with E-state index >= 15 is 0 Å². The van der Waals surface area contributed by atoms with Crippen LogP contribution in [-0.2, 0) is 17.8 Å². The van der Waals surface area contributed by atoms with Gasteiger partial charge in [0.05, 0.1) is 12.0 Å². The fourth-order valence-electron chi connectivity index (χ4n) is 1.94. The zero-order valence-corrected chi connectivity index (χ0v) is 10.7. The second kappa shape index (κ2) is 6.77. The summed E-state index contributed by atoms with van der Waals surface area (Å²) in [5.41, 5.74) is 1.31. The van der Waals surface area contributed by atoms with E-state index in [0.717, 1.165) is 32.2 Å². The molecule has 0 atom stereocenters. The Bertz CT molecular complexity index is 320. The van der Waals surface area contributed by atoms with E-state index in [9.17, 15) is 0 Å². The molecule has 4 nitrogen and oxygen atoms in total. The van der Waals surface area contributed by atoms with Gasteiger partial charge < -0.3 is 14.6 Å². The highest BCUT2D eigenvalue weighted by atomic mass is 16.5. The summed E-state index contributed by atoms with van der Waals surface area (Å²) in [5.74, 6) is 0. The van der Waals surface area contributed by atoms with Gasteiger partial charge in [0.15, 0.2) is 0 Å². The molecule has 0 radical (unpaired) electrons. The van der Waals surface area contributed by atoms with Crippen molar-refractivity contribution < 1.29 is 4.74 Å². The first-order valence-corrected chi connectivity index (χ1v) is 6.61. The maximum Gasteiger partial charge on any atom is 0.0948 e. The van der Waals surface area contributed by atoms with Crippen LogP contribution < -0.4 is 5.32 Å². The molecule has 0 spiro atoms. The van der Waals surface area contributed by atoms with Gasteiger partial charge in [-0.2, -0.15) is 0 Å². The number of rotatable bonds is 9. The minimum absolute atomic E-state index is 0.764. The van der Waals surface area contributed by atoms with Crippen molar-refractivity contribution in [1.29, 1.82) is 0 Å². The van der Waals surface area contributed by atoms with Crippen LogP contribution in [0.5, 0.6) is 0 Å². The number of nitrogens with zero attached hydrogens (tertiary/aromatic N) is 2. The molecule has 17 heavy (non-hydrogen) atoms. The predicted molar refractivity (Wildman–Crippen MR) is 67.8 cm³/mol. The summed E-state index contributed by atoms with van der Waals surface area (Å²) in [7, 11) is 1.76. The van der Waals surface area contributed by atoms with E-state index in [-0.39, 0.29) is 0 Å². The average molecular weight is 237 g/mol. The summed E-state index contributed by atoms with van der Waals surface area (Å²) in [4.78, 5) is 4.23. The third-order valence-corrected chi connectivity index (χ3v) is 3.20. The Morgan fingerprint density at radius 3 is 3.06 bits per heavy atom. The molecule has 0 unspecified atom stereocenters. The number of ether oxygens (including phenoxy) is 1. The lowest BCUT2D eigenvalue weighted by molar-refractivity contribution is 0.191. The fourth-order valence-corrected chi connectivity index (χ4v) is 1.94. The van der Waals surface area contributed by atoms with Gasteiger partial charge in [0, 0.05) is 39.0 Å². The quantitative estimate of drug-likeness (QED) is 0.667. The number of nitrogens with one attached hydrogen (secondary N) is 1. The fraction of sp³-hybridized carbons (Fsp3) is 0.769. The summed E-state index contributed by atoms with van der Waals surface area (Å²) < 4.78 is 7.31. The third kappa shape index (κ3) is 4.48. The summed E-state index contributed by atoms with van der Waals surface area (Å²) in [5, 5.41) is 3.53. The van der Waals surface area contributed by atoms with Gasteiger partial charge in [-0.05, 0) is 32.1 Å². The minimum atomic E-state index is 0.764. The van der Waals surface area contributed by atoms with Crippen molar-refractivity contribution in [2.75, 3.05) is 13.7 Å². The van der Waals surface area contributed by atoms with Crippen molar-refractivity contribution >= 4 is 0 Å². The van der Waals surface area contributed by atoms with Crippen LogP contribution in [0.25, 0.3) is 0 Å². The summed E-state index contributed by atoms with van der Waals surface area (Å²) in [6.45, 7) is 2.91. The van der Waals surface area contributed by atoms with Crippen LogP contribution in [0.15, 0.2) is 12.5 Å². The monoisotopic (exact) mass is 237 g/mol. The van der Waals surface area contributed by atoms with E-state index in [1.165, 1.54) is 31.4 Å². The zero-order valence-electron chi connectivity index (χ0n) is 10.7. The van der Waals surface area contributed by atoms with Crippen molar-refractivity contribution in [1.82, 2.24) is 14.9 Å². The molecule has 0 amide bonds. The molecule has 4 heteroatoms. The number of hydrogen-bond donors (Lipinski definition) is 1. The van der Waals surface area contributed by atoms with E-state index in [4.69, 9.17) is 4.74 Å². The van der Waals surface area contributed by atoms with Gasteiger partial charge >= 0.3 is 0 Å². The van der Waals surface area contributed by atoms with E-state index in [0.29, 0.717) is 0 Å². The molecular formula is C13H23N3O. The molecule has 2 rings (SSSR count). The van der Waals surface area contributed by atoms with Crippen LogP contribution in [0.3, 0.4) is 0 Å². The molecule has 1 saturated carbocycles. The Balaban J connectivity index is 1.66. The largest absolute Gasteiger partial charge is 0.385 e. The zero-order chi connectivity index (χ0) is 11.9. The molecule has 1 aliphatic carbocycles. The maximum absolute atomic E-state index is 5.05. The van der Waals surface area contributed by atoms with Crippen LogP contribution in [-0.4, -0.2) is 29.3 Å². The first-order chi connectivity index (χ1) is 8.40. The number of hydrogen-bond acceptors (Lipinski definition) is 3. The highest BCUT2D eigenvalue weighted by Crippen LogP contribution is 2.19. The molecule has 96 valence electrons. The van der Waals surface area contributed by atoms with E-state index in [1.54, 1.807) is 7.11 Å². The summed E-state index contributed by atoms with van der Waals surface area (Å²) >= 11 is 0. The van der Waals surface area contributed by atoms with Gasteiger partial charge in [-0.3, -0.25) is 0 Å². The Labute approximate surface area is 103 Å². The van der Waals surface area contributed by atoms with Gasteiger partial charge in [0.2, 0.25) is 0 Å². The third-order valence-electron chi connectivity index (χ3n) is 3.20. The van der Waals surface area contributed by atoms with E-state index < -0.39 is 0 Å². The average Bonchev–Trinajstić information content (AvgIpc) is 3.06. The molecule has 0 bridgehead atoms. The molecule has 0 aromatic carbocycles. The molecular weight excluding hydrogens is 214 g/mol. The summed E-state index contributed by atoms with van der Waals surface area (Å²) in [6, 6.07) is 0.764. The molecule has 1 aromatic rings. The minimum Gasteiger partial charge on any atom is -0.385 e. The smallest absolute Gasteiger partial charge is 0.0948 e. The van der Waals surface area contributed by atoms with Crippen LogP contribution in [0.1, 0.15) is 37.8 Å². The highest BCUT2D eigenvalue weighted by molar-refractivity contribution is 4.99. The number of methoxy groups -OCH3 is 1. The maximum atomic E-state index is 5.05. The van der Waals surface area contributed by atoms with Crippen LogP contribution >= 0.6 is 0 Å². The summed E-state index contributed by atoms with van der Waals surface area (Å²) in [6.07, 6.45) is 10.2. The Kier molecular flexibility index (Phi) is 5.01. The van der Waals surface area contributed by atoms with Crippen molar-refractivity contribution in [3.63, 3.8) is 0 Å². The van der Waals surface area contributed by atoms with Gasteiger partial charge in [-0.15, -0.1) is 0 Å². The van der Waals surface area contributed by atoms with Crippen LogP contribution in [0, 0.1) is 0 Å². The lowest BCUT2D eigenvalue weighted by atomic mass is 10.2. The van der Waals surface area contributed by atoms with Gasteiger partial charge in [0.25, 0.3) is 0 Å². The molecule has 0 aliphatic heterocycles. The van der Waals surface area contributed by atoms with E-state index in [2.05, 4.69) is 14.9 Å². The molecule has 0 saturated heterocycles. The Hall–Kier alpha value is -0.870. The van der Waals surface area contributed by atoms with E-state index in [1.807, 2.05) is 12.5 Å².